The monoisotopic (exact) mass is 596 g/mol. The van der Waals surface area contributed by atoms with E-state index in [0.29, 0.717) is 16.9 Å². The van der Waals surface area contributed by atoms with E-state index in [1.165, 1.54) is 13.8 Å². The first kappa shape index (κ1) is 31.4. The van der Waals surface area contributed by atoms with E-state index in [2.05, 4.69) is 15.6 Å². The fraction of sp³-hybridized carbons (Fsp3) is 0.346. The number of carboxylic acid groups (broad SMARTS) is 1. The van der Waals surface area contributed by atoms with E-state index >= 15 is 4.39 Å². The van der Waals surface area contributed by atoms with Crippen molar-refractivity contribution in [2.24, 2.45) is 5.73 Å². The van der Waals surface area contributed by atoms with Gasteiger partial charge in [0.25, 0.3) is 5.56 Å². The number of hydrogen-bond donors (Lipinski definition) is 4. The lowest BCUT2D eigenvalue weighted by atomic mass is 10.0. The summed E-state index contributed by atoms with van der Waals surface area (Å²) in [5.41, 5.74) is 3.02. The van der Waals surface area contributed by atoms with Crippen LogP contribution in [0.25, 0.3) is 16.8 Å². The molecule has 220 valence electrons. The number of nitrogens with two attached hydrogens (primary N) is 1. The Hall–Kier alpha value is -4.17. The molecule has 0 unspecified atom stereocenters. The van der Waals surface area contributed by atoms with Gasteiger partial charge >= 0.3 is 5.97 Å². The Bertz CT molecular complexity index is 1580. The van der Waals surface area contributed by atoms with E-state index in [9.17, 15) is 33.1 Å². The molecule has 1 aromatic carbocycles. The minimum Gasteiger partial charge on any atom is -0.477 e. The number of fused-ring (bicyclic) bond motifs is 1. The van der Waals surface area contributed by atoms with Gasteiger partial charge < -0.3 is 26.4 Å². The molecule has 2 aromatic heterocycles. The van der Waals surface area contributed by atoms with Crippen LogP contribution in [0, 0.1) is 17.5 Å². The second-order valence-electron chi connectivity index (χ2n) is 9.77. The lowest BCUT2D eigenvalue weighted by molar-refractivity contribution is -0.129. The highest BCUT2D eigenvalue weighted by Crippen LogP contribution is 2.31. The number of hydrogen-bond acceptors (Lipinski definition) is 7. The molecule has 15 heteroatoms. The van der Waals surface area contributed by atoms with Crippen molar-refractivity contribution in [2.75, 3.05) is 11.4 Å². The van der Waals surface area contributed by atoms with E-state index in [1.807, 2.05) is 0 Å². The Labute approximate surface area is 237 Å². The molecule has 11 nitrogen and oxygen atoms in total. The van der Waals surface area contributed by atoms with Crippen LogP contribution in [-0.2, 0) is 9.59 Å². The minimum absolute atomic E-state index is 0. The molecule has 0 spiro atoms. The fourth-order valence-electron chi connectivity index (χ4n) is 4.61. The average molecular weight is 597 g/mol. The largest absolute Gasteiger partial charge is 0.477 e. The van der Waals surface area contributed by atoms with Crippen molar-refractivity contribution in [3.8, 4) is 11.1 Å². The highest BCUT2D eigenvalue weighted by atomic mass is 35.5. The van der Waals surface area contributed by atoms with E-state index in [4.69, 9.17) is 5.73 Å². The topological polar surface area (TPSA) is 159 Å². The Kier molecular flexibility index (Phi) is 9.29. The third-order valence-corrected chi connectivity index (χ3v) is 6.69. The SMILES string of the molecule is C[C@H](N)C(=O)N[C@@H](C)C(=O)N[C@H]1C[C@H](C)N(c2nc3c(-c4ccc(F)cc4F)cc(C(=O)O)c(=O)n3cc2F)C1.Cl. The van der Waals surface area contributed by atoms with Crippen LogP contribution in [0.3, 0.4) is 0 Å². The summed E-state index contributed by atoms with van der Waals surface area (Å²) >= 11 is 0. The number of pyridine rings is 1. The number of halogens is 4. The lowest BCUT2D eigenvalue weighted by Gasteiger charge is -2.24. The molecule has 1 aliphatic heterocycles. The first-order chi connectivity index (χ1) is 18.8. The van der Waals surface area contributed by atoms with E-state index in [-0.39, 0.29) is 47.6 Å². The number of benzene rings is 1. The van der Waals surface area contributed by atoms with E-state index < -0.39 is 64.5 Å². The molecule has 1 saturated heterocycles. The Morgan fingerprint density at radius 2 is 1.78 bits per heavy atom. The number of aromatic nitrogens is 2. The molecule has 4 rings (SSSR count). The van der Waals surface area contributed by atoms with Crippen molar-refractivity contribution in [1.82, 2.24) is 20.0 Å². The number of rotatable bonds is 7. The molecule has 0 radical (unpaired) electrons. The maximum absolute atomic E-state index is 15.4. The first-order valence-electron chi connectivity index (χ1n) is 12.4. The Morgan fingerprint density at radius 3 is 2.39 bits per heavy atom. The zero-order valence-corrected chi connectivity index (χ0v) is 23.0. The number of carboxylic acids is 1. The van der Waals surface area contributed by atoms with Gasteiger partial charge in [-0.25, -0.2) is 22.9 Å². The zero-order chi connectivity index (χ0) is 29.5. The quantitative estimate of drug-likeness (QED) is 0.321. The average Bonchev–Trinajstić information content (AvgIpc) is 3.23. The van der Waals surface area contributed by atoms with Gasteiger partial charge in [0.1, 0.15) is 28.9 Å². The van der Waals surface area contributed by atoms with Crippen LogP contribution in [0.4, 0.5) is 19.0 Å². The summed E-state index contributed by atoms with van der Waals surface area (Å²) in [4.78, 5) is 54.8. The third-order valence-electron chi connectivity index (χ3n) is 6.69. The summed E-state index contributed by atoms with van der Waals surface area (Å²) in [5, 5.41) is 14.8. The molecule has 41 heavy (non-hydrogen) atoms. The van der Waals surface area contributed by atoms with Crippen LogP contribution < -0.4 is 26.8 Å². The molecule has 4 atom stereocenters. The van der Waals surface area contributed by atoms with Crippen molar-refractivity contribution in [3.63, 3.8) is 0 Å². The highest BCUT2D eigenvalue weighted by molar-refractivity contribution is 5.92. The molecular formula is C26H28ClF3N6O5. The number of aromatic carboxylic acids is 1. The van der Waals surface area contributed by atoms with Gasteiger partial charge in [-0.15, -0.1) is 12.4 Å². The molecule has 1 fully saturated rings. The summed E-state index contributed by atoms with van der Waals surface area (Å²) in [6.45, 7) is 4.85. The molecule has 0 saturated carbocycles. The summed E-state index contributed by atoms with van der Waals surface area (Å²) in [6, 6.07) is 1.05. The Balaban J connectivity index is 0.00000462. The van der Waals surface area contributed by atoms with Crippen molar-refractivity contribution >= 4 is 41.7 Å². The van der Waals surface area contributed by atoms with Crippen molar-refractivity contribution < 1.29 is 32.7 Å². The number of amides is 2. The van der Waals surface area contributed by atoms with Crippen LogP contribution in [0.15, 0.2) is 35.3 Å². The van der Waals surface area contributed by atoms with E-state index in [1.54, 1.807) is 11.8 Å². The van der Waals surface area contributed by atoms with Gasteiger partial charge in [0, 0.05) is 35.8 Å². The summed E-state index contributed by atoms with van der Waals surface area (Å²) in [6.07, 6.45) is 1.15. The smallest absolute Gasteiger partial charge is 0.341 e. The summed E-state index contributed by atoms with van der Waals surface area (Å²) in [7, 11) is 0. The number of carbonyl (C=O) groups is 3. The molecular weight excluding hydrogens is 569 g/mol. The highest BCUT2D eigenvalue weighted by Gasteiger charge is 2.34. The minimum atomic E-state index is -1.62. The van der Waals surface area contributed by atoms with Gasteiger partial charge in [0.2, 0.25) is 11.8 Å². The van der Waals surface area contributed by atoms with Gasteiger partial charge in [-0.1, -0.05) is 0 Å². The van der Waals surface area contributed by atoms with E-state index in [0.717, 1.165) is 24.4 Å². The maximum Gasteiger partial charge on any atom is 0.341 e. The van der Waals surface area contributed by atoms with Crippen LogP contribution in [0.1, 0.15) is 37.6 Å². The first-order valence-corrected chi connectivity index (χ1v) is 12.4. The van der Waals surface area contributed by atoms with Crippen molar-refractivity contribution in [1.29, 1.82) is 0 Å². The molecule has 3 aromatic rings. The molecule has 1 aliphatic rings. The van der Waals surface area contributed by atoms with Crippen LogP contribution in [0.5, 0.6) is 0 Å². The third kappa shape index (κ3) is 6.28. The number of carbonyl (C=O) groups excluding carboxylic acids is 2. The fourth-order valence-corrected chi connectivity index (χ4v) is 4.61. The molecule has 5 N–H and O–H groups in total. The van der Waals surface area contributed by atoms with Gasteiger partial charge in [0.15, 0.2) is 11.6 Å². The van der Waals surface area contributed by atoms with Gasteiger partial charge in [0.05, 0.1) is 12.2 Å². The number of anilines is 1. The predicted octanol–water partition coefficient (Wildman–Crippen LogP) is 1.83. The van der Waals surface area contributed by atoms with Crippen molar-refractivity contribution in [3.05, 3.63) is 63.8 Å². The normalized spacial score (nSPS) is 18.0. The predicted molar refractivity (Wildman–Crippen MR) is 146 cm³/mol. The number of nitrogens with zero attached hydrogens (tertiary/aromatic N) is 3. The maximum atomic E-state index is 15.4. The molecule has 0 aliphatic carbocycles. The van der Waals surface area contributed by atoms with Gasteiger partial charge in [-0.05, 0) is 45.4 Å². The lowest BCUT2D eigenvalue weighted by Crippen LogP contribution is -2.51. The second kappa shape index (κ2) is 12.1. The van der Waals surface area contributed by atoms with Gasteiger partial charge in [-0.3, -0.25) is 18.8 Å². The van der Waals surface area contributed by atoms with Crippen LogP contribution in [-0.4, -0.2) is 63.0 Å². The molecule has 2 amide bonds. The summed E-state index contributed by atoms with van der Waals surface area (Å²) < 4.78 is 44.4. The Morgan fingerprint density at radius 1 is 1.10 bits per heavy atom. The standard InChI is InChI=1S/C26H27F3N6O5.ClH/c1-11-6-15(32-24(37)13(3)31-23(36)12(2)30)9-34(11)22-20(29)10-35-21(33-22)17(8-18(25(35)38)26(39)40)16-5-4-14(27)7-19(16)28;/h4-5,7-8,10-13,15H,6,9,30H2,1-3H3,(H,31,36)(H,32,37)(H,39,40);1H/t11-,12-,13-,15-;/m0./s1. The van der Waals surface area contributed by atoms with Crippen LogP contribution in [0.2, 0.25) is 0 Å². The molecule has 0 bridgehead atoms. The van der Waals surface area contributed by atoms with Gasteiger partial charge in [-0.2, -0.15) is 0 Å². The van der Waals surface area contributed by atoms with Crippen LogP contribution >= 0.6 is 12.4 Å². The number of nitrogens with one attached hydrogen (secondary N) is 2. The zero-order valence-electron chi connectivity index (χ0n) is 22.2. The summed E-state index contributed by atoms with van der Waals surface area (Å²) in [5.74, 6) is -5.67. The molecule has 3 heterocycles. The second-order valence-corrected chi connectivity index (χ2v) is 9.77. The van der Waals surface area contributed by atoms with Crippen molar-refractivity contribution in [2.45, 2.75) is 51.4 Å².